The van der Waals surface area contributed by atoms with Crippen molar-refractivity contribution in [3.05, 3.63) is 16.7 Å². The van der Waals surface area contributed by atoms with Crippen molar-refractivity contribution in [1.29, 1.82) is 0 Å². The predicted octanol–water partition coefficient (Wildman–Crippen LogP) is 1.30. The van der Waals surface area contributed by atoms with Crippen LogP contribution in [0.25, 0.3) is 11.0 Å². The number of nitrogens with two attached hydrogens (primary N) is 1. The summed E-state index contributed by atoms with van der Waals surface area (Å²) >= 11 is 3.24. The zero-order chi connectivity index (χ0) is 7.84. The summed E-state index contributed by atoms with van der Waals surface area (Å²) in [6.45, 7) is 0. The van der Waals surface area contributed by atoms with Gasteiger partial charge in [-0.05, 0) is 28.1 Å². The summed E-state index contributed by atoms with van der Waals surface area (Å²) in [6, 6.07) is 3.69. The molecule has 0 aromatic carbocycles. The molecule has 11 heavy (non-hydrogen) atoms. The monoisotopic (exact) mass is 212 g/mol. The number of H-pyrrole nitrogens is 1. The first kappa shape index (κ1) is 6.60. The number of aromatic nitrogens is 3. The van der Waals surface area contributed by atoms with E-state index in [4.69, 9.17) is 5.73 Å². The number of nitrogens with zero attached hydrogens (tertiary/aromatic N) is 2. The molecule has 0 aliphatic carbocycles. The Morgan fingerprint density at radius 3 is 3.09 bits per heavy atom. The Labute approximate surface area is 70.9 Å². The van der Waals surface area contributed by atoms with Gasteiger partial charge in [-0.2, -0.15) is 5.10 Å². The molecule has 0 aliphatic heterocycles. The average molecular weight is 213 g/mol. The Hall–Kier alpha value is -1.10. The maximum absolute atomic E-state index is 5.53. The molecule has 2 aromatic heterocycles. The molecule has 0 spiro atoms. The molecule has 0 unspecified atom stereocenters. The lowest BCUT2D eigenvalue weighted by molar-refractivity contribution is 1.10. The number of halogens is 1. The van der Waals surface area contributed by atoms with Gasteiger partial charge in [0.15, 0.2) is 11.5 Å². The molecule has 56 valence electrons. The number of anilines is 1. The number of nitrogens with one attached hydrogen (secondary N) is 1. The van der Waals surface area contributed by atoms with Crippen molar-refractivity contribution in [3.63, 3.8) is 0 Å². The fraction of sp³-hybridized carbons (Fsp3) is 0. The number of aromatic amines is 1. The molecule has 0 saturated carbocycles. The van der Waals surface area contributed by atoms with Crippen molar-refractivity contribution in [2.45, 2.75) is 0 Å². The molecule has 2 rings (SSSR count). The first-order valence-electron chi connectivity index (χ1n) is 3.03. The van der Waals surface area contributed by atoms with Crippen molar-refractivity contribution in [3.8, 4) is 0 Å². The molecule has 0 radical (unpaired) electrons. The number of pyridine rings is 1. The minimum Gasteiger partial charge on any atom is -0.382 e. The first-order chi connectivity index (χ1) is 5.27. The fourth-order valence-corrected chi connectivity index (χ4v) is 1.21. The van der Waals surface area contributed by atoms with Gasteiger partial charge >= 0.3 is 0 Å². The largest absolute Gasteiger partial charge is 0.382 e. The van der Waals surface area contributed by atoms with Gasteiger partial charge in [-0.1, -0.05) is 0 Å². The Balaban J connectivity index is 2.86. The second kappa shape index (κ2) is 2.20. The third-order valence-electron chi connectivity index (χ3n) is 1.42. The van der Waals surface area contributed by atoms with Crippen molar-refractivity contribution in [2.75, 3.05) is 5.73 Å². The highest BCUT2D eigenvalue weighted by Crippen LogP contribution is 2.17. The Kier molecular flexibility index (Phi) is 1.32. The van der Waals surface area contributed by atoms with Crippen LogP contribution >= 0.6 is 15.9 Å². The fourth-order valence-electron chi connectivity index (χ4n) is 0.901. The van der Waals surface area contributed by atoms with Crippen molar-refractivity contribution < 1.29 is 0 Å². The minimum absolute atomic E-state index is 0.486. The van der Waals surface area contributed by atoms with Crippen LogP contribution in [0.1, 0.15) is 0 Å². The van der Waals surface area contributed by atoms with Gasteiger partial charge in [0, 0.05) is 0 Å². The highest BCUT2D eigenvalue weighted by molar-refractivity contribution is 9.10. The topological polar surface area (TPSA) is 67.6 Å². The molecule has 2 heterocycles. The van der Waals surface area contributed by atoms with Gasteiger partial charge < -0.3 is 5.73 Å². The summed E-state index contributed by atoms with van der Waals surface area (Å²) in [5.41, 5.74) is 6.23. The van der Waals surface area contributed by atoms with E-state index in [9.17, 15) is 0 Å². The average Bonchev–Trinajstić information content (AvgIpc) is 2.32. The lowest BCUT2D eigenvalue weighted by Gasteiger charge is -1.88. The van der Waals surface area contributed by atoms with Crippen LogP contribution in [-0.2, 0) is 0 Å². The molecule has 5 heteroatoms. The summed E-state index contributed by atoms with van der Waals surface area (Å²) in [7, 11) is 0. The minimum atomic E-state index is 0.486. The van der Waals surface area contributed by atoms with Gasteiger partial charge in [0.2, 0.25) is 0 Å². The van der Waals surface area contributed by atoms with E-state index >= 15 is 0 Å². The van der Waals surface area contributed by atoms with E-state index in [1.807, 2.05) is 12.1 Å². The van der Waals surface area contributed by atoms with Crippen LogP contribution in [-0.4, -0.2) is 15.2 Å². The van der Waals surface area contributed by atoms with E-state index in [0.29, 0.717) is 11.5 Å². The molecule has 0 amide bonds. The van der Waals surface area contributed by atoms with Crippen LogP contribution in [0.3, 0.4) is 0 Å². The Morgan fingerprint density at radius 1 is 1.45 bits per heavy atom. The molecule has 0 aliphatic rings. The smallest absolute Gasteiger partial charge is 0.158 e. The SMILES string of the molecule is Nc1n[nH]c2nc(Br)ccc12. The van der Waals surface area contributed by atoms with Crippen molar-refractivity contribution >= 4 is 32.8 Å². The highest BCUT2D eigenvalue weighted by atomic mass is 79.9. The quantitative estimate of drug-likeness (QED) is 0.648. The predicted molar refractivity (Wildman–Crippen MR) is 46.0 cm³/mol. The number of hydrogen-bond donors (Lipinski definition) is 2. The summed E-state index contributed by atoms with van der Waals surface area (Å²) in [5, 5.41) is 7.37. The maximum Gasteiger partial charge on any atom is 0.158 e. The number of nitrogen functional groups attached to an aromatic ring is 1. The van der Waals surface area contributed by atoms with Gasteiger partial charge in [-0.3, -0.25) is 5.10 Å². The second-order valence-corrected chi connectivity index (χ2v) is 2.95. The van der Waals surface area contributed by atoms with Crippen LogP contribution in [0.2, 0.25) is 0 Å². The Morgan fingerprint density at radius 2 is 2.27 bits per heavy atom. The standard InChI is InChI=1S/C6H5BrN4/c7-4-2-1-3-5(8)10-11-6(3)9-4/h1-2H,(H3,8,9,10,11). The molecule has 4 nitrogen and oxygen atoms in total. The molecule has 2 aromatic rings. The van der Waals surface area contributed by atoms with E-state index in [1.54, 1.807) is 0 Å². The van der Waals surface area contributed by atoms with Crippen LogP contribution in [0, 0.1) is 0 Å². The lowest BCUT2D eigenvalue weighted by Crippen LogP contribution is -1.83. The number of rotatable bonds is 0. The van der Waals surface area contributed by atoms with Gasteiger partial charge in [0.05, 0.1) is 5.39 Å². The highest BCUT2D eigenvalue weighted by Gasteiger charge is 2.01. The van der Waals surface area contributed by atoms with Gasteiger partial charge in [-0.25, -0.2) is 4.98 Å². The maximum atomic E-state index is 5.53. The number of fused-ring (bicyclic) bond motifs is 1. The molecule has 3 N–H and O–H groups in total. The first-order valence-corrected chi connectivity index (χ1v) is 3.83. The zero-order valence-corrected chi connectivity index (χ0v) is 7.09. The normalized spacial score (nSPS) is 10.6. The summed E-state index contributed by atoms with van der Waals surface area (Å²) in [4.78, 5) is 4.12. The molecule has 0 atom stereocenters. The third-order valence-corrected chi connectivity index (χ3v) is 1.86. The second-order valence-electron chi connectivity index (χ2n) is 2.14. The zero-order valence-electron chi connectivity index (χ0n) is 5.50. The molecule has 0 fully saturated rings. The van der Waals surface area contributed by atoms with Crippen molar-refractivity contribution in [1.82, 2.24) is 15.2 Å². The Bertz CT molecular complexity index is 394. The van der Waals surface area contributed by atoms with E-state index in [2.05, 4.69) is 31.1 Å². The summed E-state index contributed by atoms with van der Waals surface area (Å²) in [6.07, 6.45) is 0. The molecule has 0 bridgehead atoms. The van der Waals surface area contributed by atoms with Crippen LogP contribution < -0.4 is 5.73 Å². The van der Waals surface area contributed by atoms with Crippen LogP contribution in [0.5, 0.6) is 0 Å². The van der Waals surface area contributed by atoms with Crippen LogP contribution in [0.15, 0.2) is 16.7 Å². The van der Waals surface area contributed by atoms with Crippen LogP contribution in [0.4, 0.5) is 5.82 Å². The van der Waals surface area contributed by atoms with Gasteiger partial charge in [0.25, 0.3) is 0 Å². The van der Waals surface area contributed by atoms with Crippen molar-refractivity contribution in [2.24, 2.45) is 0 Å². The van der Waals surface area contributed by atoms with E-state index in [0.717, 1.165) is 9.99 Å². The summed E-state index contributed by atoms with van der Waals surface area (Å²) in [5.74, 6) is 0.486. The third kappa shape index (κ3) is 0.970. The lowest BCUT2D eigenvalue weighted by atomic mass is 10.3. The molecular weight excluding hydrogens is 208 g/mol. The molecular formula is C6H5BrN4. The summed E-state index contributed by atoms with van der Waals surface area (Å²) < 4.78 is 0.772. The van der Waals surface area contributed by atoms with E-state index in [-0.39, 0.29) is 0 Å². The van der Waals surface area contributed by atoms with E-state index in [1.165, 1.54) is 0 Å². The van der Waals surface area contributed by atoms with E-state index < -0.39 is 0 Å². The number of hydrogen-bond acceptors (Lipinski definition) is 3. The van der Waals surface area contributed by atoms with Gasteiger partial charge in [0.1, 0.15) is 4.60 Å². The van der Waals surface area contributed by atoms with Gasteiger partial charge in [-0.15, -0.1) is 0 Å². The molecule has 0 saturated heterocycles.